The number of pyridine rings is 1. The van der Waals surface area contributed by atoms with Gasteiger partial charge in [-0.3, -0.25) is 0 Å². The smallest absolute Gasteiger partial charge is 0.261 e. The Balaban J connectivity index is 0.00000324. The van der Waals surface area contributed by atoms with Gasteiger partial charge in [-0.15, -0.1) is 0 Å². The SMILES string of the molecule is Cc1ccc(CO[Si](c2ccccc2)(c2ccccc2)C(C)(C)C)[n+](Cc2ccccc2)c1.[Br-]. The highest BCUT2D eigenvalue weighted by Crippen LogP contribution is 2.37. The molecule has 4 heteroatoms. The van der Waals surface area contributed by atoms with Gasteiger partial charge in [-0.25, -0.2) is 0 Å². The lowest BCUT2D eigenvalue weighted by Crippen LogP contribution is -3.00. The van der Waals surface area contributed by atoms with Gasteiger partial charge in [0.1, 0.15) is 6.61 Å². The summed E-state index contributed by atoms with van der Waals surface area (Å²) >= 11 is 0. The van der Waals surface area contributed by atoms with E-state index in [0.717, 1.165) is 6.54 Å². The van der Waals surface area contributed by atoms with Gasteiger partial charge < -0.3 is 21.4 Å². The molecule has 2 nitrogen and oxygen atoms in total. The van der Waals surface area contributed by atoms with Crippen LogP contribution in [0.4, 0.5) is 0 Å². The Labute approximate surface area is 216 Å². The zero-order valence-electron chi connectivity index (χ0n) is 20.5. The zero-order chi connectivity index (χ0) is 23.3. The highest BCUT2D eigenvalue weighted by molar-refractivity contribution is 6.99. The second-order valence-corrected chi connectivity index (χ2v) is 14.1. The predicted octanol–water partition coefficient (Wildman–Crippen LogP) is 2.41. The average molecular weight is 533 g/mol. The third-order valence-corrected chi connectivity index (χ3v) is 11.3. The van der Waals surface area contributed by atoms with E-state index in [1.807, 2.05) is 0 Å². The van der Waals surface area contributed by atoms with E-state index in [1.165, 1.54) is 27.2 Å². The van der Waals surface area contributed by atoms with Crippen molar-refractivity contribution in [2.24, 2.45) is 0 Å². The largest absolute Gasteiger partial charge is 1.00 e. The predicted molar refractivity (Wildman–Crippen MR) is 139 cm³/mol. The van der Waals surface area contributed by atoms with Gasteiger partial charge in [0, 0.05) is 17.2 Å². The molecule has 0 aliphatic heterocycles. The molecular formula is C30H34BrNOSi. The maximum absolute atomic E-state index is 7.19. The number of hydrogen-bond donors (Lipinski definition) is 0. The van der Waals surface area contributed by atoms with Gasteiger partial charge >= 0.3 is 0 Å². The lowest BCUT2D eigenvalue weighted by atomic mass is 10.2. The highest BCUT2D eigenvalue weighted by Gasteiger charge is 2.50. The van der Waals surface area contributed by atoms with Gasteiger partial charge in [0.2, 0.25) is 5.69 Å². The van der Waals surface area contributed by atoms with Crippen molar-refractivity contribution in [2.45, 2.75) is 45.9 Å². The van der Waals surface area contributed by atoms with Crippen molar-refractivity contribution < 1.29 is 26.0 Å². The topological polar surface area (TPSA) is 13.1 Å². The molecule has 0 spiro atoms. The molecule has 0 unspecified atom stereocenters. The van der Waals surface area contributed by atoms with E-state index in [-0.39, 0.29) is 22.0 Å². The number of rotatable bonds is 7. The number of halogens is 1. The summed E-state index contributed by atoms with van der Waals surface area (Å²) in [5, 5.41) is 2.58. The Kier molecular flexibility index (Phi) is 8.64. The third kappa shape index (κ3) is 5.57. The van der Waals surface area contributed by atoms with E-state index < -0.39 is 8.32 Å². The number of aryl methyl sites for hydroxylation is 1. The first kappa shape index (κ1) is 26.1. The molecule has 0 bridgehead atoms. The van der Waals surface area contributed by atoms with Crippen LogP contribution in [-0.2, 0) is 17.6 Å². The molecule has 0 amide bonds. The van der Waals surface area contributed by atoms with Crippen LogP contribution in [0, 0.1) is 6.92 Å². The molecule has 0 atom stereocenters. The Morgan fingerprint density at radius 1 is 0.706 bits per heavy atom. The van der Waals surface area contributed by atoms with Crippen molar-refractivity contribution in [1.82, 2.24) is 0 Å². The third-order valence-electron chi connectivity index (χ3n) is 6.32. The molecule has 34 heavy (non-hydrogen) atoms. The van der Waals surface area contributed by atoms with Crippen LogP contribution in [0.2, 0.25) is 5.04 Å². The molecule has 0 aliphatic rings. The number of aromatic nitrogens is 1. The monoisotopic (exact) mass is 531 g/mol. The Morgan fingerprint density at radius 3 is 1.71 bits per heavy atom. The molecule has 0 fully saturated rings. The number of hydrogen-bond acceptors (Lipinski definition) is 1. The summed E-state index contributed by atoms with van der Waals surface area (Å²) < 4.78 is 9.52. The van der Waals surface area contributed by atoms with Crippen molar-refractivity contribution in [3.63, 3.8) is 0 Å². The standard InChI is InChI=1S/C30H34NOSi.BrH/c1-25-20-21-27(31(22-25)23-26-14-8-5-9-15-26)24-32-33(30(2,3)4,28-16-10-6-11-17-28)29-18-12-7-13-19-29;/h5-22H,23-24H2,1-4H3;1H/q+1;/p-1. The van der Waals surface area contributed by atoms with Crippen molar-refractivity contribution in [3.05, 3.63) is 126 Å². The quantitative estimate of drug-likeness (QED) is 0.263. The summed E-state index contributed by atoms with van der Waals surface area (Å²) in [6, 6.07) is 36.7. The van der Waals surface area contributed by atoms with E-state index in [0.29, 0.717) is 6.61 Å². The molecule has 3 aromatic carbocycles. The van der Waals surface area contributed by atoms with Crippen LogP contribution in [0.5, 0.6) is 0 Å². The second kappa shape index (κ2) is 11.3. The fourth-order valence-electron chi connectivity index (χ4n) is 4.70. The molecule has 176 valence electrons. The number of nitrogens with zero attached hydrogens (tertiary/aromatic N) is 1. The maximum atomic E-state index is 7.19. The Bertz CT molecular complexity index is 1140. The van der Waals surface area contributed by atoms with E-state index in [1.54, 1.807) is 0 Å². The molecule has 4 rings (SSSR count). The van der Waals surface area contributed by atoms with E-state index in [4.69, 9.17) is 4.43 Å². The van der Waals surface area contributed by atoms with Crippen LogP contribution in [0.25, 0.3) is 0 Å². The van der Waals surface area contributed by atoms with Crippen LogP contribution < -0.4 is 31.9 Å². The molecule has 1 aromatic heterocycles. The normalized spacial score (nSPS) is 11.6. The molecular weight excluding hydrogens is 498 g/mol. The van der Waals surface area contributed by atoms with Crippen LogP contribution in [0.1, 0.15) is 37.6 Å². The van der Waals surface area contributed by atoms with E-state index >= 15 is 0 Å². The van der Waals surface area contributed by atoms with Gasteiger partial charge in [0.25, 0.3) is 8.32 Å². The number of benzene rings is 3. The van der Waals surface area contributed by atoms with Gasteiger partial charge in [0.05, 0.1) is 0 Å². The van der Waals surface area contributed by atoms with Crippen molar-refractivity contribution in [2.75, 3.05) is 0 Å². The summed E-state index contributed by atoms with van der Waals surface area (Å²) in [5.74, 6) is 0. The molecule has 0 N–H and O–H groups in total. The summed E-state index contributed by atoms with van der Waals surface area (Å²) in [6.45, 7) is 10.5. The second-order valence-electron chi connectivity index (χ2n) is 9.76. The Hall–Kier alpha value is -2.53. The maximum Gasteiger partial charge on any atom is 0.261 e. The fraction of sp³-hybridized carbons (Fsp3) is 0.233. The van der Waals surface area contributed by atoms with Gasteiger partial charge in [0.15, 0.2) is 12.7 Å². The zero-order valence-corrected chi connectivity index (χ0v) is 23.1. The average Bonchev–Trinajstić information content (AvgIpc) is 2.82. The van der Waals surface area contributed by atoms with Crippen LogP contribution >= 0.6 is 0 Å². The summed E-state index contributed by atoms with van der Waals surface area (Å²) in [7, 11) is -2.57. The molecule has 0 saturated heterocycles. The first-order valence-corrected chi connectivity index (χ1v) is 13.6. The lowest BCUT2D eigenvalue weighted by molar-refractivity contribution is -0.697. The summed E-state index contributed by atoms with van der Waals surface area (Å²) in [4.78, 5) is 0. The first-order valence-electron chi connectivity index (χ1n) is 11.7. The van der Waals surface area contributed by atoms with E-state index in [2.05, 4.69) is 142 Å². The van der Waals surface area contributed by atoms with Crippen LogP contribution in [0.15, 0.2) is 109 Å². The van der Waals surface area contributed by atoms with Crippen molar-refractivity contribution in [3.8, 4) is 0 Å². The minimum Gasteiger partial charge on any atom is -1.00 e. The molecule has 4 aromatic rings. The van der Waals surface area contributed by atoms with Crippen LogP contribution in [-0.4, -0.2) is 8.32 Å². The summed E-state index contributed by atoms with van der Waals surface area (Å²) in [6.07, 6.45) is 2.23. The van der Waals surface area contributed by atoms with Gasteiger partial charge in [-0.05, 0) is 28.4 Å². The summed E-state index contributed by atoms with van der Waals surface area (Å²) in [5.41, 5.74) is 3.73. The minimum atomic E-state index is -2.57. The van der Waals surface area contributed by atoms with E-state index in [9.17, 15) is 0 Å². The van der Waals surface area contributed by atoms with Crippen molar-refractivity contribution >= 4 is 18.7 Å². The Morgan fingerprint density at radius 2 is 1.21 bits per heavy atom. The van der Waals surface area contributed by atoms with Crippen molar-refractivity contribution in [1.29, 1.82) is 0 Å². The first-order chi connectivity index (χ1) is 15.9. The van der Waals surface area contributed by atoms with Crippen LogP contribution in [0.3, 0.4) is 0 Å². The van der Waals surface area contributed by atoms with Gasteiger partial charge in [-0.1, -0.05) is 112 Å². The minimum absolute atomic E-state index is 0. The fourth-order valence-corrected chi connectivity index (χ4v) is 9.22. The highest BCUT2D eigenvalue weighted by atomic mass is 79.9. The van der Waals surface area contributed by atoms with Gasteiger partial charge in [-0.2, -0.15) is 4.57 Å². The molecule has 0 saturated carbocycles. The molecule has 0 radical (unpaired) electrons. The molecule has 1 heterocycles. The lowest BCUT2D eigenvalue weighted by Gasteiger charge is -2.42. The molecule has 0 aliphatic carbocycles.